The fourth-order valence-electron chi connectivity index (χ4n) is 0.977. The minimum Gasteiger partial charge on any atom is -0.308 e. The van der Waals surface area contributed by atoms with Crippen LogP contribution in [0.4, 0.5) is 4.39 Å². The number of halogens is 1. The molecule has 0 aromatic rings. The number of hydrogen-bond donors (Lipinski definition) is 0. The lowest BCUT2D eigenvalue weighted by Gasteiger charge is -2.46. The number of hydrogen-bond acceptors (Lipinski definition) is 2. The summed E-state index contributed by atoms with van der Waals surface area (Å²) in [5.41, 5.74) is -0.252. The van der Waals surface area contributed by atoms with E-state index in [9.17, 15) is 4.39 Å². The minimum absolute atomic E-state index is 0.111. The Morgan fingerprint density at radius 1 is 1.12 bits per heavy atom. The van der Waals surface area contributed by atoms with Crippen LogP contribution in [0.25, 0.3) is 0 Å². The lowest BCUT2D eigenvalue weighted by molar-refractivity contribution is -0.131. The van der Waals surface area contributed by atoms with Crippen molar-refractivity contribution in [1.82, 2.24) is 4.39 Å². The van der Waals surface area contributed by atoms with E-state index in [1.165, 1.54) is 0 Å². The van der Waals surface area contributed by atoms with Gasteiger partial charge in [-0.1, -0.05) is 33.9 Å². The Morgan fingerprint density at radius 2 is 1.56 bits per heavy atom. The summed E-state index contributed by atoms with van der Waals surface area (Å²) in [6.07, 6.45) is -0.331. The Labute approximate surface area is 103 Å². The fourth-order valence-corrected chi connectivity index (χ4v) is 5.30. The molecule has 0 saturated carbocycles. The van der Waals surface area contributed by atoms with Gasteiger partial charge in [0.25, 0.3) is 0 Å². The molecule has 0 aliphatic carbocycles. The van der Waals surface area contributed by atoms with Gasteiger partial charge < -0.3 is 4.84 Å². The predicted molar refractivity (Wildman–Crippen MR) is 71.6 cm³/mol. The second-order valence-corrected chi connectivity index (χ2v) is 13.1. The average molecular weight is 264 g/mol. The van der Waals surface area contributed by atoms with Gasteiger partial charge in [-0.05, 0) is 25.8 Å². The summed E-state index contributed by atoms with van der Waals surface area (Å²) in [5.74, 6) is 0. The van der Waals surface area contributed by atoms with Crippen molar-refractivity contribution in [2.24, 2.45) is 0 Å². The average Bonchev–Trinajstić information content (AvgIpc) is 1.98. The molecule has 0 saturated heterocycles. The van der Waals surface area contributed by atoms with Crippen LogP contribution in [0.15, 0.2) is 0 Å². The van der Waals surface area contributed by atoms with Gasteiger partial charge in [0.15, 0.2) is 0 Å². The second kappa shape index (κ2) is 5.29. The van der Waals surface area contributed by atoms with Crippen molar-refractivity contribution in [2.75, 3.05) is 6.30 Å². The quantitative estimate of drug-likeness (QED) is 0.568. The van der Waals surface area contributed by atoms with Crippen LogP contribution in [-0.2, 0) is 4.84 Å². The molecule has 0 heterocycles. The molecule has 2 nitrogen and oxygen atoms in total. The van der Waals surface area contributed by atoms with Crippen LogP contribution in [0, 0.1) is 0 Å². The van der Waals surface area contributed by atoms with Crippen molar-refractivity contribution in [2.45, 2.75) is 65.3 Å². The molecule has 0 unspecified atom stereocenters. The normalized spacial score (nSPS) is 14.6. The van der Waals surface area contributed by atoms with Crippen LogP contribution < -0.4 is 0 Å². The Hall–Kier alpha value is 0.284. The minimum atomic E-state index is -1.78. The number of rotatable bonds is 4. The van der Waals surface area contributed by atoms with Crippen LogP contribution in [0.1, 0.15) is 41.5 Å². The van der Waals surface area contributed by atoms with Crippen LogP contribution in [0.3, 0.4) is 0 Å². The maximum atomic E-state index is 12.6. The molecule has 0 aliphatic rings. The predicted octanol–water partition coefficient (Wildman–Crippen LogP) is 3.57. The van der Waals surface area contributed by atoms with Crippen LogP contribution in [0.2, 0.25) is 18.1 Å². The van der Waals surface area contributed by atoms with E-state index in [0.29, 0.717) is 0 Å². The summed E-state index contributed by atoms with van der Waals surface area (Å²) in [4.78, 5) is 5.94. The number of nitrogens with zero attached hydrogens (tertiary/aromatic N) is 1. The monoisotopic (exact) mass is 263 g/mol. The molecular formula is C11H26FNOSi2. The molecule has 0 aliphatic heterocycles. The zero-order chi connectivity index (χ0) is 13.2. The molecule has 96 valence electrons. The van der Waals surface area contributed by atoms with Gasteiger partial charge in [0.2, 0.25) is 9.68 Å². The van der Waals surface area contributed by atoms with Crippen LogP contribution in [0.5, 0.6) is 0 Å². The highest BCUT2D eigenvalue weighted by molar-refractivity contribution is 6.82. The highest BCUT2D eigenvalue weighted by Gasteiger charge is 2.43. The first-order valence-corrected chi connectivity index (χ1v) is 9.81. The van der Waals surface area contributed by atoms with E-state index in [0.717, 1.165) is 0 Å². The molecule has 0 atom stereocenters. The Morgan fingerprint density at radius 3 is 1.81 bits per heavy atom. The summed E-state index contributed by atoms with van der Waals surface area (Å²) >= 11 is 0. The third-order valence-corrected chi connectivity index (χ3v) is 10.3. The smallest absolute Gasteiger partial charge is 0.205 e. The first-order chi connectivity index (χ1) is 6.92. The molecule has 0 fully saturated rings. The molecule has 0 rings (SSSR count). The second-order valence-electron chi connectivity index (χ2n) is 6.60. The zero-order valence-electron chi connectivity index (χ0n) is 11.9. The molecule has 16 heavy (non-hydrogen) atoms. The van der Waals surface area contributed by atoms with Gasteiger partial charge in [-0.15, -0.1) is 0 Å². The molecule has 0 aromatic heterocycles. The number of alkyl halides is 1. The Balaban J connectivity index is 4.91. The molecule has 0 amide bonds. The third kappa shape index (κ3) is 4.65. The van der Waals surface area contributed by atoms with Crippen molar-refractivity contribution in [3.8, 4) is 0 Å². The first-order valence-electron chi connectivity index (χ1n) is 5.70. The summed E-state index contributed by atoms with van der Waals surface area (Å²) < 4.78 is 14.6. The van der Waals surface area contributed by atoms with Gasteiger partial charge in [-0.3, -0.25) is 4.39 Å². The molecule has 2 radical (unpaired) electrons. The van der Waals surface area contributed by atoms with E-state index in [2.05, 4.69) is 33.9 Å². The lowest BCUT2D eigenvalue weighted by Crippen LogP contribution is -2.58. The maximum absolute atomic E-state index is 12.6. The van der Waals surface area contributed by atoms with Crippen molar-refractivity contribution < 1.29 is 9.23 Å². The third-order valence-electron chi connectivity index (χ3n) is 2.91. The molecule has 0 N–H and O–H groups in total. The summed E-state index contributed by atoms with van der Waals surface area (Å²) in [6, 6.07) is 0. The van der Waals surface area contributed by atoms with Crippen molar-refractivity contribution in [1.29, 1.82) is 0 Å². The van der Waals surface area contributed by atoms with Crippen molar-refractivity contribution in [3.05, 3.63) is 0 Å². The molecule has 0 bridgehead atoms. The SMILES string of the molecule is CC(C)(C)ON([Si]CF)[Si](C)(C)C(C)(C)C. The zero-order valence-corrected chi connectivity index (χ0v) is 13.9. The van der Waals surface area contributed by atoms with E-state index in [1.54, 1.807) is 0 Å². The maximum Gasteiger partial charge on any atom is 0.205 e. The van der Waals surface area contributed by atoms with E-state index in [-0.39, 0.29) is 26.6 Å². The summed E-state index contributed by atoms with van der Waals surface area (Å²) in [6.45, 7) is 17.1. The van der Waals surface area contributed by atoms with E-state index in [4.69, 9.17) is 4.84 Å². The highest BCUT2D eigenvalue weighted by atomic mass is 28.4. The molecule has 0 spiro atoms. The van der Waals surface area contributed by atoms with Crippen LogP contribution >= 0.6 is 0 Å². The van der Waals surface area contributed by atoms with Gasteiger partial charge in [0.05, 0.1) is 11.9 Å². The first kappa shape index (κ1) is 16.3. The van der Waals surface area contributed by atoms with E-state index in [1.807, 2.05) is 25.2 Å². The Kier molecular flexibility index (Phi) is 5.38. The molecular weight excluding hydrogens is 237 g/mol. The van der Waals surface area contributed by atoms with Gasteiger partial charge >= 0.3 is 0 Å². The topological polar surface area (TPSA) is 12.5 Å². The summed E-state index contributed by atoms with van der Waals surface area (Å²) in [7, 11) is -1.67. The fraction of sp³-hybridized carbons (Fsp3) is 1.00. The van der Waals surface area contributed by atoms with E-state index >= 15 is 0 Å². The van der Waals surface area contributed by atoms with Gasteiger partial charge in [-0.2, -0.15) is 0 Å². The van der Waals surface area contributed by atoms with E-state index < -0.39 is 8.24 Å². The largest absolute Gasteiger partial charge is 0.308 e. The highest BCUT2D eigenvalue weighted by Crippen LogP contribution is 2.38. The van der Waals surface area contributed by atoms with Gasteiger partial charge in [-0.25, -0.2) is 4.39 Å². The lowest BCUT2D eigenvalue weighted by atomic mass is 10.2. The molecule has 5 heteroatoms. The Bertz CT molecular complexity index is 221. The van der Waals surface area contributed by atoms with Gasteiger partial charge in [0.1, 0.15) is 8.24 Å². The molecule has 0 aromatic carbocycles. The summed E-state index contributed by atoms with van der Waals surface area (Å²) in [5, 5.41) is 0.167. The van der Waals surface area contributed by atoms with Crippen molar-refractivity contribution >= 4 is 17.9 Å². The standard InChI is InChI=1S/C11H26FNOSi2/c1-10(2,3)14-13(15-9-12)16(7,8)11(4,5)6/h9H2,1-8H3. The van der Waals surface area contributed by atoms with Crippen molar-refractivity contribution in [3.63, 3.8) is 0 Å². The van der Waals surface area contributed by atoms with Crippen LogP contribution in [-0.4, -0.2) is 34.2 Å². The van der Waals surface area contributed by atoms with Gasteiger partial charge in [0, 0.05) is 0 Å².